The van der Waals surface area contributed by atoms with Crippen LogP contribution in [-0.2, 0) is 6.11 Å². The monoisotopic (exact) mass is 560 g/mol. The fourth-order valence-electron chi connectivity index (χ4n) is 3.52. The predicted octanol–water partition coefficient (Wildman–Crippen LogP) is 8.28. The second-order valence-electron chi connectivity index (χ2n) is 8.20. The van der Waals surface area contributed by atoms with Gasteiger partial charge in [-0.25, -0.2) is 26.3 Å². The van der Waals surface area contributed by atoms with Crippen LogP contribution in [0.2, 0.25) is 0 Å². The fraction of sp³-hybridized carbons (Fsp3) is 0.0667. The third-order valence-electron chi connectivity index (χ3n) is 5.42. The number of hydrogen-bond donors (Lipinski definition) is 0. The number of benzene rings is 4. The zero-order chi connectivity index (χ0) is 29.0. The molecule has 0 aliphatic heterocycles. The smallest absolute Gasteiger partial charge is 0.429 e. The highest BCUT2D eigenvalue weighted by atomic mass is 19.3. The summed E-state index contributed by atoms with van der Waals surface area (Å²) in [5.74, 6) is -4.10. The van der Waals surface area contributed by atoms with Crippen LogP contribution in [0, 0.1) is 46.7 Å². The third-order valence-corrected chi connectivity index (χ3v) is 5.42. The lowest BCUT2D eigenvalue weighted by atomic mass is 10.0. The second-order valence-corrected chi connectivity index (χ2v) is 8.20. The molecule has 0 heterocycles. The van der Waals surface area contributed by atoms with Gasteiger partial charge in [-0.05, 0) is 42.0 Å². The molecule has 0 saturated carbocycles. The molecule has 0 aliphatic carbocycles. The van der Waals surface area contributed by atoms with E-state index < -0.39 is 52.3 Å². The highest BCUT2D eigenvalue weighted by Gasteiger charge is 2.38. The van der Waals surface area contributed by atoms with Crippen LogP contribution in [0.5, 0.6) is 11.5 Å². The Morgan fingerprint density at radius 2 is 1.40 bits per heavy atom. The van der Waals surface area contributed by atoms with Crippen LogP contribution in [0.1, 0.15) is 16.7 Å². The fourth-order valence-corrected chi connectivity index (χ4v) is 3.52. The van der Waals surface area contributed by atoms with Crippen LogP contribution >= 0.6 is 0 Å². The van der Waals surface area contributed by atoms with Gasteiger partial charge in [-0.15, -0.1) is 0 Å². The van der Waals surface area contributed by atoms with Gasteiger partial charge in [-0.1, -0.05) is 36.6 Å². The molecule has 40 heavy (non-hydrogen) atoms. The first-order chi connectivity index (χ1) is 19.0. The van der Waals surface area contributed by atoms with Crippen molar-refractivity contribution in [1.82, 2.24) is 0 Å². The quantitative estimate of drug-likeness (QED) is 0.0981. The zero-order valence-electron chi connectivity index (χ0n) is 20.2. The Morgan fingerprint density at radius 1 is 0.700 bits per heavy atom. The minimum atomic E-state index is -4.41. The van der Waals surface area contributed by atoms with Crippen molar-refractivity contribution in [1.29, 1.82) is 0 Å². The summed E-state index contributed by atoms with van der Waals surface area (Å²) in [7, 11) is 0. The Balaban J connectivity index is 1.54. The number of hydrogen-bond acceptors (Lipinski definition) is 2. The van der Waals surface area contributed by atoms with E-state index in [9.17, 15) is 35.1 Å². The Bertz CT molecular complexity index is 1630. The maximum atomic E-state index is 14.8. The standard InChI is InChI=1S/C30H16F8O2/c1-2-11-39-20-8-6-18(24(31)14-20)5-3-17-4-9-22(25(32)12-17)19-7-10-23(26(33)13-19)30(37,38)40-21-15-27(34)29(36)28(35)16-21/h2,4,6-10,12-16H,1,11H2. The Kier molecular flexibility index (Phi) is 8.14. The average molecular weight is 560 g/mol. The van der Waals surface area contributed by atoms with Gasteiger partial charge in [0.15, 0.2) is 17.5 Å². The van der Waals surface area contributed by atoms with E-state index in [1.54, 1.807) is 0 Å². The summed E-state index contributed by atoms with van der Waals surface area (Å²) in [5.41, 5.74) is -1.40. The maximum Gasteiger partial charge on any atom is 0.429 e. The molecule has 0 N–H and O–H groups in total. The van der Waals surface area contributed by atoms with Crippen LogP contribution in [0.15, 0.2) is 79.4 Å². The molecule has 0 amide bonds. The van der Waals surface area contributed by atoms with Gasteiger partial charge >= 0.3 is 6.11 Å². The van der Waals surface area contributed by atoms with E-state index in [2.05, 4.69) is 23.2 Å². The molecule has 0 aliphatic rings. The minimum absolute atomic E-state index is 0.0300. The SMILES string of the molecule is C=CCOc1ccc(C#Cc2ccc(-c3ccc(C(F)(F)Oc4cc(F)c(F)c(F)c4)c(F)c3)c(F)c2)c(F)c1. The van der Waals surface area contributed by atoms with Gasteiger partial charge in [0, 0.05) is 29.3 Å². The van der Waals surface area contributed by atoms with Gasteiger partial charge in [0.2, 0.25) is 0 Å². The van der Waals surface area contributed by atoms with E-state index in [4.69, 9.17) is 4.74 Å². The van der Waals surface area contributed by atoms with E-state index in [0.29, 0.717) is 12.1 Å². The van der Waals surface area contributed by atoms with Crippen molar-refractivity contribution in [2.24, 2.45) is 0 Å². The van der Waals surface area contributed by atoms with Crippen molar-refractivity contribution >= 4 is 0 Å². The Labute approximate surface area is 223 Å². The van der Waals surface area contributed by atoms with Gasteiger partial charge in [0.25, 0.3) is 0 Å². The molecule has 0 radical (unpaired) electrons. The Morgan fingerprint density at radius 3 is 2.02 bits per heavy atom. The largest absolute Gasteiger partial charge is 0.489 e. The molecular formula is C30H16F8O2. The van der Waals surface area contributed by atoms with Crippen LogP contribution in [-0.4, -0.2) is 6.61 Å². The molecule has 0 spiro atoms. The first-order valence-electron chi connectivity index (χ1n) is 11.3. The van der Waals surface area contributed by atoms with Crippen LogP contribution < -0.4 is 9.47 Å². The van der Waals surface area contributed by atoms with Crippen molar-refractivity contribution in [2.45, 2.75) is 6.11 Å². The molecule has 0 aromatic heterocycles. The molecule has 0 fully saturated rings. The van der Waals surface area contributed by atoms with Gasteiger partial charge in [-0.2, -0.15) is 8.78 Å². The van der Waals surface area contributed by atoms with Gasteiger partial charge in [-0.3, -0.25) is 0 Å². The molecule has 0 unspecified atom stereocenters. The molecule has 0 atom stereocenters. The topological polar surface area (TPSA) is 18.5 Å². The average Bonchev–Trinajstić information content (AvgIpc) is 2.89. The summed E-state index contributed by atoms with van der Waals surface area (Å²) in [6.45, 7) is 3.69. The van der Waals surface area contributed by atoms with Crippen LogP contribution in [0.3, 0.4) is 0 Å². The van der Waals surface area contributed by atoms with Crippen molar-refractivity contribution in [3.8, 4) is 34.5 Å². The number of halogens is 8. The van der Waals surface area contributed by atoms with E-state index >= 15 is 0 Å². The molecule has 4 aromatic carbocycles. The number of rotatable bonds is 7. The number of alkyl halides is 2. The third kappa shape index (κ3) is 6.26. The molecular weight excluding hydrogens is 544 g/mol. The van der Waals surface area contributed by atoms with E-state index in [1.807, 2.05) is 0 Å². The predicted molar refractivity (Wildman–Crippen MR) is 131 cm³/mol. The molecule has 4 rings (SSSR count). The summed E-state index contributed by atoms with van der Waals surface area (Å²) in [4.78, 5) is 0. The van der Waals surface area contributed by atoms with Crippen molar-refractivity contribution in [2.75, 3.05) is 6.61 Å². The normalized spacial score (nSPS) is 11.0. The molecule has 4 aromatic rings. The van der Waals surface area contributed by atoms with Gasteiger partial charge < -0.3 is 9.47 Å². The van der Waals surface area contributed by atoms with E-state index in [-0.39, 0.29) is 46.7 Å². The molecule has 2 nitrogen and oxygen atoms in total. The van der Waals surface area contributed by atoms with Crippen molar-refractivity contribution in [3.63, 3.8) is 0 Å². The van der Waals surface area contributed by atoms with Crippen LogP contribution in [0.4, 0.5) is 35.1 Å². The molecule has 0 saturated heterocycles. The first-order valence-corrected chi connectivity index (χ1v) is 11.3. The minimum Gasteiger partial charge on any atom is -0.489 e. The number of ether oxygens (including phenoxy) is 2. The van der Waals surface area contributed by atoms with E-state index in [0.717, 1.165) is 18.2 Å². The lowest BCUT2D eigenvalue weighted by Crippen LogP contribution is -2.23. The maximum absolute atomic E-state index is 14.8. The van der Waals surface area contributed by atoms with E-state index in [1.165, 1.54) is 30.3 Å². The van der Waals surface area contributed by atoms with Gasteiger partial charge in [0.1, 0.15) is 35.6 Å². The first kappa shape index (κ1) is 28.2. The molecule has 204 valence electrons. The molecule has 10 heteroatoms. The second kappa shape index (κ2) is 11.5. The Hall–Kier alpha value is -4.78. The van der Waals surface area contributed by atoms with Crippen molar-refractivity contribution in [3.05, 3.63) is 131 Å². The van der Waals surface area contributed by atoms with Crippen molar-refractivity contribution < 1.29 is 44.6 Å². The highest BCUT2D eigenvalue weighted by molar-refractivity contribution is 5.66. The summed E-state index contributed by atoms with van der Waals surface area (Å²) in [5, 5.41) is 0. The lowest BCUT2D eigenvalue weighted by Gasteiger charge is -2.19. The summed E-state index contributed by atoms with van der Waals surface area (Å²) in [6, 6.07) is 10.2. The summed E-state index contributed by atoms with van der Waals surface area (Å²) in [6.07, 6.45) is -2.92. The highest BCUT2D eigenvalue weighted by Crippen LogP contribution is 2.36. The molecule has 0 bridgehead atoms. The summed E-state index contributed by atoms with van der Waals surface area (Å²) >= 11 is 0. The van der Waals surface area contributed by atoms with Crippen LogP contribution in [0.25, 0.3) is 11.1 Å². The summed E-state index contributed by atoms with van der Waals surface area (Å²) < 4.78 is 122. The lowest BCUT2D eigenvalue weighted by molar-refractivity contribution is -0.187. The van der Waals surface area contributed by atoms with Gasteiger partial charge in [0.05, 0.1) is 11.1 Å². The zero-order valence-corrected chi connectivity index (χ0v) is 20.2.